The fourth-order valence-electron chi connectivity index (χ4n) is 2.93. The van der Waals surface area contributed by atoms with Crippen LogP contribution in [-0.2, 0) is 39.1 Å². The van der Waals surface area contributed by atoms with E-state index in [2.05, 4.69) is 35.3 Å². The van der Waals surface area contributed by atoms with Crippen LogP contribution < -0.4 is 16.8 Å². The minimum Gasteiger partial charge on any atom is -0.458 e. The first-order chi connectivity index (χ1) is 17.0. The lowest BCUT2D eigenvalue weighted by molar-refractivity contribution is -0.152. The standard InChI is InChI=1S/C16H18N8O9S3/c1-31-22-9(6-4-34-15(17)19-6)12(25)21-11-8(24(13(11)26)36(28,29)30)3-33-14(27)10(23-32-2)7-5-35-16(18)20-7/h4-5,8,11H,3H2,1-2H3,(H2,17,19)(H2,18,20)(H,21,25)(H,28,29,30)/t8-,11+/m1/s1. The van der Waals surface area contributed by atoms with E-state index in [0.29, 0.717) is 0 Å². The average molecular weight is 563 g/mol. The highest BCUT2D eigenvalue weighted by Crippen LogP contribution is 2.25. The van der Waals surface area contributed by atoms with E-state index in [0.717, 1.165) is 36.9 Å². The monoisotopic (exact) mass is 562 g/mol. The molecule has 2 atom stereocenters. The molecule has 0 aliphatic carbocycles. The number of nitrogens with two attached hydrogens (primary N) is 2. The molecule has 3 rings (SSSR count). The molecule has 20 heteroatoms. The number of hydrogen-bond donors (Lipinski definition) is 4. The number of carbonyl (C=O) groups excluding carboxylic acids is 3. The molecule has 0 bridgehead atoms. The Balaban J connectivity index is 1.79. The number of nitrogen functional groups attached to an aromatic ring is 2. The maximum Gasteiger partial charge on any atom is 0.362 e. The van der Waals surface area contributed by atoms with Crippen molar-refractivity contribution in [1.82, 2.24) is 19.6 Å². The van der Waals surface area contributed by atoms with Gasteiger partial charge in [-0.05, 0) is 0 Å². The Morgan fingerprint density at radius 2 is 1.64 bits per heavy atom. The van der Waals surface area contributed by atoms with Gasteiger partial charge >= 0.3 is 16.3 Å². The van der Waals surface area contributed by atoms with Crippen molar-refractivity contribution in [3.8, 4) is 0 Å². The van der Waals surface area contributed by atoms with Crippen LogP contribution in [0.15, 0.2) is 21.1 Å². The Morgan fingerprint density at radius 3 is 2.11 bits per heavy atom. The summed E-state index contributed by atoms with van der Waals surface area (Å²) in [6.45, 7) is -0.780. The first-order valence-electron chi connectivity index (χ1n) is 9.41. The van der Waals surface area contributed by atoms with Gasteiger partial charge in [-0.15, -0.1) is 22.7 Å². The highest BCUT2D eigenvalue weighted by molar-refractivity contribution is 7.84. The van der Waals surface area contributed by atoms with Gasteiger partial charge in [0.2, 0.25) is 5.71 Å². The number of anilines is 2. The van der Waals surface area contributed by atoms with Gasteiger partial charge in [-0.25, -0.2) is 19.1 Å². The molecule has 1 aliphatic heterocycles. The number of rotatable bonds is 10. The lowest BCUT2D eigenvalue weighted by Gasteiger charge is -2.43. The summed E-state index contributed by atoms with van der Waals surface area (Å²) in [6, 6.07) is -3.06. The number of nitrogens with one attached hydrogen (secondary N) is 1. The van der Waals surface area contributed by atoms with Crippen molar-refractivity contribution < 1.29 is 41.8 Å². The number of nitrogens with zero attached hydrogens (tertiary/aromatic N) is 5. The number of β-lactam (4-membered cyclic amide) rings is 1. The van der Waals surface area contributed by atoms with Gasteiger partial charge in [0.1, 0.15) is 44.3 Å². The molecule has 194 valence electrons. The van der Waals surface area contributed by atoms with Gasteiger partial charge in [-0.2, -0.15) is 8.42 Å². The highest BCUT2D eigenvalue weighted by atomic mass is 32.2. The maximum absolute atomic E-state index is 12.8. The number of hydrogen-bond acceptors (Lipinski definition) is 16. The molecule has 0 saturated carbocycles. The minimum absolute atomic E-state index is 0.0217. The van der Waals surface area contributed by atoms with Gasteiger partial charge in [0.05, 0.1) is 0 Å². The lowest BCUT2D eigenvalue weighted by Crippen LogP contribution is -2.73. The van der Waals surface area contributed by atoms with Crippen LogP contribution >= 0.6 is 22.7 Å². The molecular weight excluding hydrogens is 544 g/mol. The molecule has 0 aromatic carbocycles. The van der Waals surface area contributed by atoms with E-state index in [1.807, 2.05) is 0 Å². The average Bonchev–Trinajstić information content (AvgIpc) is 3.43. The first kappa shape index (κ1) is 26.7. The van der Waals surface area contributed by atoms with E-state index in [9.17, 15) is 27.4 Å². The van der Waals surface area contributed by atoms with E-state index in [4.69, 9.17) is 16.2 Å². The van der Waals surface area contributed by atoms with Crippen molar-refractivity contribution in [2.75, 3.05) is 32.3 Å². The number of carbonyl (C=O) groups is 3. The predicted octanol–water partition coefficient (Wildman–Crippen LogP) is -1.79. The molecule has 6 N–H and O–H groups in total. The number of oxime groups is 2. The number of aromatic nitrogens is 2. The number of esters is 1. The van der Waals surface area contributed by atoms with Gasteiger partial charge < -0.3 is 31.2 Å². The van der Waals surface area contributed by atoms with Crippen molar-refractivity contribution in [3.05, 3.63) is 22.1 Å². The molecule has 1 aliphatic rings. The summed E-state index contributed by atoms with van der Waals surface area (Å²) in [6.07, 6.45) is 0. The van der Waals surface area contributed by atoms with Crippen molar-refractivity contribution >= 4 is 72.4 Å². The fourth-order valence-corrected chi connectivity index (χ4v) is 4.89. The second kappa shape index (κ2) is 10.8. The topological polar surface area (TPSA) is 251 Å². The van der Waals surface area contributed by atoms with Crippen LogP contribution in [0.2, 0.25) is 0 Å². The van der Waals surface area contributed by atoms with Crippen molar-refractivity contribution in [2.24, 2.45) is 10.3 Å². The number of ether oxygens (including phenoxy) is 1. The Kier molecular flexibility index (Phi) is 8.02. The van der Waals surface area contributed by atoms with Crippen LogP contribution in [0.5, 0.6) is 0 Å². The Labute approximate surface area is 210 Å². The summed E-state index contributed by atoms with van der Waals surface area (Å²) in [5, 5.41) is 12.4. The number of thiazole rings is 2. The Hall–Kier alpha value is -3.88. The summed E-state index contributed by atoms with van der Waals surface area (Å²) >= 11 is 2.02. The van der Waals surface area contributed by atoms with E-state index < -0.39 is 52.5 Å². The molecule has 0 radical (unpaired) electrons. The molecule has 2 amide bonds. The summed E-state index contributed by atoms with van der Waals surface area (Å²) in [5.74, 6) is -3.28. The number of amides is 2. The van der Waals surface area contributed by atoms with E-state index in [-0.39, 0.29) is 31.7 Å². The van der Waals surface area contributed by atoms with Gasteiger partial charge in [0.25, 0.3) is 11.8 Å². The molecule has 1 fully saturated rings. The molecule has 1 saturated heterocycles. The zero-order chi connectivity index (χ0) is 26.6. The summed E-state index contributed by atoms with van der Waals surface area (Å²) in [4.78, 5) is 54.8. The quantitative estimate of drug-likeness (QED) is 0.0821. The smallest absolute Gasteiger partial charge is 0.362 e. The van der Waals surface area contributed by atoms with Crippen LogP contribution in [0.4, 0.5) is 10.3 Å². The van der Waals surface area contributed by atoms with E-state index in [1.165, 1.54) is 10.8 Å². The molecule has 17 nitrogen and oxygen atoms in total. The molecule has 0 unspecified atom stereocenters. The molecule has 3 heterocycles. The largest absolute Gasteiger partial charge is 0.458 e. The van der Waals surface area contributed by atoms with Gasteiger partial charge in [-0.1, -0.05) is 10.3 Å². The van der Waals surface area contributed by atoms with Crippen LogP contribution in [0.25, 0.3) is 0 Å². The molecule has 2 aromatic rings. The predicted molar refractivity (Wildman–Crippen MR) is 125 cm³/mol. The SMILES string of the molecule is CON=C(C(=O)N[C@@H]1C(=O)N(S(=O)(=O)O)[C@@H]1COC(=O)C(=NOC)c1csc(N)n1)c1csc(N)n1. The maximum atomic E-state index is 12.8. The molecule has 36 heavy (non-hydrogen) atoms. The van der Waals surface area contributed by atoms with Crippen molar-refractivity contribution in [2.45, 2.75) is 12.1 Å². The van der Waals surface area contributed by atoms with Gasteiger partial charge in [0, 0.05) is 10.8 Å². The molecule has 2 aromatic heterocycles. The minimum atomic E-state index is -5.06. The van der Waals surface area contributed by atoms with Gasteiger partial charge in [-0.3, -0.25) is 14.1 Å². The third-order valence-electron chi connectivity index (χ3n) is 4.39. The van der Waals surface area contributed by atoms with Crippen LogP contribution in [0.1, 0.15) is 11.4 Å². The van der Waals surface area contributed by atoms with Crippen molar-refractivity contribution in [3.63, 3.8) is 0 Å². The third-order valence-corrected chi connectivity index (χ3v) is 6.69. The van der Waals surface area contributed by atoms with E-state index >= 15 is 0 Å². The van der Waals surface area contributed by atoms with Gasteiger partial charge in [0.15, 0.2) is 16.0 Å². The normalized spacial score (nSPS) is 18.4. The van der Waals surface area contributed by atoms with Crippen molar-refractivity contribution in [1.29, 1.82) is 0 Å². The third kappa shape index (κ3) is 5.67. The zero-order valence-corrected chi connectivity index (χ0v) is 20.8. The summed E-state index contributed by atoms with van der Waals surface area (Å²) < 4.78 is 38.0. The zero-order valence-electron chi connectivity index (χ0n) is 18.3. The first-order valence-corrected chi connectivity index (χ1v) is 12.6. The summed E-state index contributed by atoms with van der Waals surface area (Å²) in [5.41, 5.74) is 10.4. The Bertz CT molecular complexity index is 1340. The molecular formula is C16H18N8O9S3. The second-order valence-corrected chi connectivity index (χ2v) is 9.68. The Morgan fingerprint density at radius 1 is 1.11 bits per heavy atom. The van der Waals surface area contributed by atoms with Crippen LogP contribution in [-0.4, -0.2) is 89.4 Å². The fraction of sp³-hybridized carbons (Fsp3) is 0.312. The molecule has 0 spiro atoms. The summed E-state index contributed by atoms with van der Waals surface area (Å²) in [7, 11) is -2.74. The van der Waals surface area contributed by atoms with Crippen LogP contribution in [0, 0.1) is 0 Å². The van der Waals surface area contributed by atoms with Crippen LogP contribution in [0.3, 0.4) is 0 Å². The van der Waals surface area contributed by atoms with E-state index in [1.54, 1.807) is 0 Å². The second-order valence-electron chi connectivity index (χ2n) is 6.62. The lowest BCUT2D eigenvalue weighted by atomic mass is 9.99. The highest BCUT2D eigenvalue weighted by Gasteiger charge is 2.55.